The Labute approximate surface area is 106 Å². The second-order valence-electron chi connectivity index (χ2n) is 4.60. The molecule has 0 spiro atoms. The van der Waals surface area contributed by atoms with Crippen molar-refractivity contribution in [2.75, 3.05) is 5.73 Å². The number of halogens is 1. The van der Waals surface area contributed by atoms with E-state index in [0.29, 0.717) is 28.2 Å². The van der Waals surface area contributed by atoms with Crippen LogP contribution in [0, 0.1) is 5.92 Å². The highest BCUT2D eigenvalue weighted by molar-refractivity contribution is 6.33. The number of nitrogen functional groups attached to an aromatic ring is 1. The van der Waals surface area contributed by atoms with Gasteiger partial charge < -0.3 is 11.1 Å². The summed E-state index contributed by atoms with van der Waals surface area (Å²) in [5.74, 6) is 0.602. The molecule has 1 aromatic carbocycles. The molecular formula is C13H17ClN2O. The third-order valence-corrected chi connectivity index (χ3v) is 3.50. The normalized spacial score (nSPS) is 22.2. The van der Waals surface area contributed by atoms with Gasteiger partial charge in [-0.05, 0) is 37.0 Å². The summed E-state index contributed by atoms with van der Waals surface area (Å²) < 4.78 is 0. The fourth-order valence-corrected chi connectivity index (χ4v) is 2.17. The highest BCUT2D eigenvalue weighted by Gasteiger charge is 2.37. The van der Waals surface area contributed by atoms with Crippen molar-refractivity contribution >= 4 is 23.2 Å². The van der Waals surface area contributed by atoms with Crippen LogP contribution in [0.1, 0.15) is 36.5 Å². The molecular weight excluding hydrogens is 236 g/mol. The molecule has 0 aliphatic heterocycles. The second-order valence-corrected chi connectivity index (χ2v) is 5.01. The van der Waals surface area contributed by atoms with Crippen LogP contribution in [0.5, 0.6) is 0 Å². The summed E-state index contributed by atoms with van der Waals surface area (Å²) in [6.07, 6.45) is 3.46. The number of carbonyl (C=O) groups is 1. The van der Waals surface area contributed by atoms with Gasteiger partial charge in [0.15, 0.2) is 0 Å². The van der Waals surface area contributed by atoms with Crippen molar-refractivity contribution in [1.29, 1.82) is 0 Å². The first-order valence-electron chi connectivity index (χ1n) is 5.97. The van der Waals surface area contributed by atoms with Gasteiger partial charge in [0.1, 0.15) is 0 Å². The van der Waals surface area contributed by atoms with Crippen LogP contribution in [0.15, 0.2) is 18.2 Å². The standard InChI is InChI=1S/C13H17ClN2O/c1-2-3-8-7-12(8)16-13(17)9-4-5-10(14)11(15)6-9/h4-6,8,12H,2-3,7,15H2,1H3,(H,16,17). The molecule has 3 N–H and O–H groups in total. The molecule has 17 heavy (non-hydrogen) atoms. The van der Waals surface area contributed by atoms with Crippen molar-refractivity contribution in [3.05, 3.63) is 28.8 Å². The molecule has 0 aromatic heterocycles. The number of amides is 1. The molecule has 2 rings (SSSR count). The Balaban J connectivity index is 1.94. The van der Waals surface area contributed by atoms with Crippen molar-refractivity contribution in [2.45, 2.75) is 32.2 Å². The Morgan fingerprint density at radius 2 is 2.35 bits per heavy atom. The van der Waals surface area contributed by atoms with E-state index >= 15 is 0 Å². The molecule has 2 unspecified atom stereocenters. The molecule has 0 radical (unpaired) electrons. The maximum absolute atomic E-state index is 11.9. The van der Waals surface area contributed by atoms with Crippen molar-refractivity contribution in [3.63, 3.8) is 0 Å². The van der Waals surface area contributed by atoms with E-state index in [-0.39, 0.29) is 5.91 Å². The monoisotopic (exact) mass is 252 g/mol. The number of hydrogen-bond acceptors (Lipinski definition) is 2. The third-order valence-electron chi connectivity index (χ3n) is 3.16. The minimum absolute atomic E-state index is 0.0584. The van der Waals surface area contributed by atoms with Gasteiger partial charge in [0, 0.05) is 11.6 Å². The molecule has 1 aliphatic rings. The number of anilines is 1. The Morgan fingerprint density at radius 3 is 3.00 bits per heavy atom. The zero-order valence-corrected chi connectivity index (χ0v) is 10.6. The van der Waals surface area contributed by atoms with E-state index < -0.39 is 0 Å². The molecule has 1 aliphatic carbocycles. The van der Waals surface area contributed by atoms with Crippen molar-refractivity contribution in [3.8, 4) is 0 Å². The quantitative estimate of drug-likeness (QED) is 0.810. The maximum atomic E-state index is 11.9. The molecule has 0 saturated heterocycles. The van der Waals surface area contributed by atoms with E-state index in [1.54, 1.807) is 18.2 Å². The highest BCUT2D eigenvalue weighted by atomic mass is 35.5. The van der Waals surface area contributed by atoms with Crippen molar-refractivity contribution in [2.24, 2.45) is 5.92 Å². The third kappa shape index (κ3) is 2.91. The van der Waals surface area contributed by atoms with Crippen LogP contribution in [-0.2, 0) is 0 Å². The van der Waals surface area contributed by atoms with E-state index in [1.165, 1.54) is 12.8 Å². The van der Waals surface area contributed by atoms with E-state index in [2.05, 4.69) is 12.2 Å². The number of carbonyl (C=O) groups excluding carboxylic acids is 1. The predicted octanol–water partition coefficient (Wildman–Crippen LogP) is 2.84. The van der Waals surface area contributed by atoms with Crippen LogP contribution in [0.3, 0.4) is 0 Å². The van der Waals surface area contributed by atoms with Crippen LogP contribution in [0.2, 0.25) is 5.02 Å². The van der Waals surface area contributed by atoms with Crippen LogP contribution >= 0.6 is 11.6 Å². The van der Waals surface area contributed by atoms with Crippen LogP contribution in [0.25, 0.3) is 0 Å². The molecule has 0 heterocycles. The Morgan fingerprint density at radius 1 is 1.59 bits per heavy atom. The summed E-state index contributed by atoms with van der Waals surface area (Å²) in [5, 5.41) is 3.50. The maximum Gasteiger partial charge on any atom is 0.251 e. The predicted molar refractivity (Wildman–Crippen MR) is 70.1 cm³/mol. The fraction of sp³-hybridized carbons (Fsp3) is 0.462. The lowest BCUT2D eigenvalue weighted by Gasteiger charge is -2.06. The van der Waals surface area contributed by atoms with Crippen LogP contribution in [-0.4, -0.2) is 11.9 Å². The topological polar surface area (TPSA) is 55.1 Å². The molecule has 2 atom stereocenters. The van der Waals surface area contributed by atoms with Crippen LogP contribution in [0.4, 0.5) is 5.69 Å². The van der Waals surface area contributed by atoms with Gasteiger partial charge in [0.2, 0.25) is 0 Å². The minimum Gasteiger partial charge on any atom is -0.398 e. The molecule has 4 heteroatoms. The zero-order valence-electron chi connectivity index (χ0n) is 9.87. The molecule has 1 saturated carbocycles. The summed E-state index contributed by atoms with van der Waals surface area (Å²) in [5.41, 5.74) is 6.69. The van der Waals surface area contributed by atoms with Crippen molar-refractivity contribution in [1.82, 2.24) is 5.32 Å². The van der Waals surface area contributed by atoms with E-state index in [9.17, 15) is 4.79 Å². The summed E-state index contributed by atoms with van der Waals surface area (Å²) in [4.78, 5) is 11.9. The number of hydrogen-bond donors (Lipinski definition) is 2. The summed E-state index contributed by atoms with van der Waals surface area (Å²) in [6.45, 7) is 2.16. The van der Waals surface area contributed by atoms with Gasteiger partial charge in [-0.25, -0.2) is 0 Å². The smallest absolute Gasteiger partial charge is 0.251 e. The number of nitrogens with one attached hydrogen (secondary N) is 1. The zero-order chi connectivity index (χ0) is 12.4. The van der Waals surface area contributed by atoms with E-state index in [0.717, 1.165) is 6.42 Å². The van der Waals surface area contributed by atoms with Gasteiger partial charge in [0.05, 0.1) is 10.7 Å². The first-order chi connectivity index (χ1) is 8.11. The van der Waals surface area contributed by atoms with Gasteiger partial charge in [0.25, 0.3) is 5.91 Å². The average molecular weight is 253 g/mol. The Kier molecular flexibility index (Phi) is 3.57. The molecule has 1 aromatic rings. The highest BCUT2D eigenvalue weighted by Crippen LogP contribution is 2.34. The van der Waals surface area contributed by atoms with E-state index in [4.69, 9.17) is 17.3 Å². The Hall–Kier alpha value is -1.22. The van der Waals surface area contributed by atoms with Crippen molar-refractivity contribution < 1.29 is 4.79 Å². The molecule has 0 bridgehead atoms. The number of benzene rings is 1. The molecule has 1 amide bonds. The first kappa shape index (κ1) is 12.2. The van der Waals surface area contributed by atoms with E-state index in [1.807, 2.05) is 0 Å². The van der Waals surface area contributed by atoms with Gasteiger partial charge in [-0.3, -0.25) is 4.79 Å². The second kappa shape index (κ2) is 4.96. The molecule has 1 fully saturated rings. The van der Waals surface area contributed by atoms with Gasteiger partial charge in [-0.15, -0.1) is 0 Å². The lowest BCUT2D eigenvalue weighted by atomic mass is 10.2. The molecule has 92 valence electrons. The lowest BCUT2D eigenvalue weighted by molar-refractivity contribution is 0.0949. The number of nitrogens with two attached hydrogens (primary N) is 1. The number of rotatable bonds is 4. The SMILES string of the molecule is CCCC1CC1NC(=O)c1ccc(Cl)c(N)c1. The lowest BCUT2D eigenvalue weighted by Crippen LogP contribution is -2.26. The summed E-state index contributed by atoms with van der Waals surface area (Å²) in [6, 6.07) is 5.32. The fourth-order valence-electron chi connectivity index (χ4n) is 2.05. The van der Waals surface area contributed by atoms with Gasteiger partial charge >= 0.3 is 0 Å². The Bertz CT molecular complexity index is 433. The van der Waals surface area contributed by atoms with Gasteiger partial charge in [-0.2, -0.15) is 0 Å². The molecule has 3 nitrogen and oxygen atoms in total. The van der Waals surface area contributed by atoms with Gasteiger partial charge in [-0.1, -0.05) is 24.9 Å². The minimum atomic E-state index is -0.0584. The first-order valence-corrected chi connectivity index (χ1v) is 6.35. The summed E-state index contributed by atoms with van der Waals surface area (Å²) in [7, 11) is 0. The van der Waals surface area contributed by atoms with Crippen LogP contribution < -0.4 is 11.1 Å². The average Bonchev–Trinajstić information content (AvgIpc) is 3.01. The summed E-state index contributed by atoms with van der Waals surface area (Å²) >= 11 is 5.81. The largest absolute Gasteiger partial charge is 0.398 e.